The van der Waals surface area contributed by atoms with Crippen molar-refractivity contribution in [2.45, 2.75) is 19.0 Å². The summed E-state index contributed by atoms with van der Waals surface area (Å²) in [6.07, 6.45) is 1.46. The van der Waals surface area contributed by atoms with Gasteiger partial charge in [-0.05, 0) is 6.07 Å². The van der Waals surface area contributed by atoms with Gasteiger partial charge in [0.05, 0.1) is 0 Å². The SMILES string of the molecule is C#CCCc1cc(C(F)(F)F)nn1C. The van der Waals surface area contributed by atoms with E-state index in [-0.39, 0.29) is 0 Å². The van der Waals surface area contributed by atoms with Gasteiger partial charge in [0, 0.05) is 25.6 Å². The van der Waals surface area contributed by atoms with Crippen LogP contribution in [0.15, 0.2) is 6.07 Å². The molecule has 0 spiro atoms. The third-order valence-electron chi connectivity index (χ3n) is 1.79. The zero-order valence-electron chi connectivity index (χ0n) is 7.60. The second-order valence-electron chi connectivity index (χ2n) is 2.85. The zero-order valence-corrected chi connectivity index (χ0v) is 7.60. The molecule has 0 atom stereocenters. The lowest BCUT2D eigenvalue weighted by Gasteiger charge is -1.99. The number of alkyl halides is 3. The van der Waals surface area contributed by atoms with Crippen LogP contribution in [-0.4, -0.2) is 9.78 Å². The van der Waals surface area contributed by atoms with Gasteiger partial charge in [-0.2, -0.15) is 18.3 Å². The van der Waals surface area contributed by atoms with Crippen molar-refractivity contribution in [3.05, 3.63) is 17.5 Å². The molecule has 14 heavy (non-hydrogen) atoms. The normalized spacial score (nSPS) is 11.4. The van der Waals surface area contributed by atoms with Gasteiger partial charge in [-0.15, -0.1) is 12.3 Å². The van der Waals surface area contributed by atoms with Gasteiger partial charge in [0.1, 0.15) is 0 Å². The van der Waals surface area contributed by atoms with Crippen LogP contribution >= 0.6 is 0 Å². The Labute approximate surface area is 79.7 Å². The fourth-order valence-corrected chi connectivity index (χ4v) is 1.08. The molecular weight excluding hydrogens is 193 g/mol. The van der Waals surface area contributed by atoms with Crippen LogP contribution in [0.1, 0.15) is 17.8 Å². The summed E-state index contributed by atoms with van der Waals surface area (Å²) in [6.45, 7) is 0. The Bertz CT molecular complexity index is 357. The van der Waals surface area contributed by atoms with Gasteiger partial charge in [0.2, 0.25) is 0 Å². The molecule has 1 aromatic rings. The molecule has 0 saturated carbocycles. The summed E-state index contributed by atoms with van der Waals surface area (Å²) < 4.78 is 37.8. The van der Waals surface area contributed by atoms with Crippen LogP contribution in [0.4, 0.5) is 13.2 Å². The lowest BCUT2D eigenvalue weighted by atomic mass is 10.2. The molecule has 1 heterocycles. The highest BCUT2D eigenvalue weighted by Crippen LogP contribution is 2.28. The summed E-state index contributed by atoms with van der Waals surface area (Å²) in [7, 11) is 1.47. The minimum atomic E-state index is -4.38. The number of nitrogens with zero attached hydrogens (tertiary/aromatic N) is 2. The van der Waals surface area contributed by atoms with Crippen molar-refractivity contribution in [2.75, 3.05) is 0 Å². The van der Waals surface area contributed by atoms with Gasteiger partial charge in [0.25, 0.3) is 0 Å². The first-order valence-corrected chi connectivity index (χ1v) is 3.98. The molecule has 1 rings (SSSR count). The average Bonchev–Trinajstić information content (AvgIpc) is 2.43. The fraction of sp³-hybridized carbons (Fsp3) is 0.444. The topological polar surface area (TPSA) is 17.8 Å². The third kappa shape index (κ3) is 2.28. The van der Waals surface area contributed by atoms with Crippen LogP contribution in [0.5, 0.6) is 0 Å². The number of halogens is 3. The van der Waals surface area contributed by atoms with Gasteiger partial charge < -0.3 is 0 Å². The van der Waals surface area contributed by atoms with Crippen LogP contribution in [0.25, 0.3) is 0 Å². The highest BCUT2D eigenvalue weighted by molar-refractivity contribution is 5.14. The zero-order chi connectivity index (χ0) is 10.8. The van der Waals surface area contributed by atoms with E-state index < -0.39 is 11.9 Å². The Hall–Kier alpha value is -1.44. The van der Waals surface area contributed by atoms with Crippen molar-refractivity contribution >= 4 is 0 Å². The molecule has 5 heteroatoms. The fourth-order valence-electron chi connectivity index (χ4n) is 1.08. The Morgan fingerprint density at radius 1 is 1.57 bits per heavy atom. The molecule has 0 saturated heterocycles. The number of rotatable bonds is 2. The van der Waals surface area contributed by atoms with Crippen molar-refractivity contribution < 1.29 is 13.2 Å². The summed E-state index contributed by atoms with van der Waals surface area (Å²) >= 11 is 0. The van der Waals surface area contributed by atoms with Gasteiger partial charge in [0.15, 0.2) is 5.69 Å². The highest BCUT2D eigenvalue weighted by Gasteiger charge is 2.34. The van der Waals surface area contributed by atoms with Crippen LogP contribution in [-0.2, 0) is 19.6 Å². The van der Waals surface area contributed by atoms with Gasteiger partial charge in [-0.1, -0.05) is 0 Å². The minimum absolute atomic E-state index is 0.413. The van der Waals surface area contributed by atoms with Crippen molar-refractivity contribution in [3.8, 4) is 12.3 Å². The van der Waals surface area contributed by atoms with Crippen molar-refractivity contribution in [1.82, 2.24) is 9.78 Å². The molecule has 2 nitrogen and oxygen atoms in total. The highest BCUT2D eigenvalue weighted by atomic mass is 19.4. The van der Waals surface area contributed by atoms with E-state index in [2.05, 4.69) is 11.0 Å². The maximum atomic E-state index is 12.2. The molecule has 0 fully saturated rings. The quantitative estimate of drug-likeness (QED) is 0.671. The molecule has 0 aromatic carbocycles. The second kappa shape index (κ2) is 3.74. The van der Waals surface area contributed by atoms with Gasteiger partial charge in [-0.3, -0.25) is 4.68 Å². The first-order valence-electron chi connectivity index (χ1n) is 3.98. The largest absolute Gasteiger partial charge is 0.435 e. The van der Waals surface area contributed by atoms with Crippen LogP contribution in [0.2, 0.25) is 0 Å². The first-order chi connectivity index (χ1) is 6.45. The minimum Gasteiger partial charge on any atom is -0.272 e. The van der Waals surface area contributed by atoms with E-state index in [1.54, 1.807) is 0 Å². The molecule has 1 aromatic heterocycles. The molecule has 0 unspecified atom stereocenters. The molecule has 0 aliphatic carbocycles. The summed E-state index contributed by atoms with van der Waals surface area (Å²) in [5.74, 6) is 2.37. The Balaban J connectivity index is 2.89. The maximum Gasteiger partial charge on any atom is 0.435 e. The van der Waals surface area contributed by atoms with Crippen molar-refractivity contribution in [2.24, 2.45) is 7.05 Å². The maximum absolute atomic E-state index is 12.2. The average molecular weight is 202 g/mol. The third-order valence-corrected chi connectivity index (χ3v) is 1.79. The molecule has 0 bridgehead atoms. The summed E-state index contributed by atoms with van der Waals surface area (Å²) in [5.41, 5.74) is -0.373. The second-order valence-corrected chi connectivity index (χ2v) is 2.85. The summed E-state index contributed by atoms with van der Waals surface area (Å²) in [6, 6.07) is 1.03. The molecule has 0 aliphatic rings. The lowest BCUT2D eigenvalue weighted by Crippen LogP contribution is -2.06. The number of hydrogen-bond donors (Lipinski definition) is 0. The Morgan fingerprint density at radius 2 is 2.21 bits per heavy atom. The molecule has 0 radical (unpaired) electrons. The lowest BCUT2D eigenvalue weighted by molar-refractivity contribution is -0.141. The molecule has 0 aliphatic heterocycles. The van der Waals surface area contributed by atoms with Crippen molar-refractivity contribution in [1.29, 1.82) is 0 Å². The first kappa shape index (κ1) is 10.6. The predicted molar refractivity (Wildman–Crippen MR) is 45.4 cm³/mol. The molecule has 0 amide bonds. The molecular formula is C9H9F3N2. The number of aromatic nitrogens is 2. The Morgan fingerprint density at radius 3 is 2.64 bits per heavy atom. The van der Waals surface area contributed by atoms with Crippen LogP contribution < -0.4 is 0 Å². The summed E-state index contributed by atoms with van der Waals surface area (Å²) in [5, 5.41) is 3.36. The van der Waals surface area contributed by atoms with Crippen LogP contribution in [0.3, 0.4) is 0 Å². The van der Waals surface area contributed by atoms with Gasteiger partial charge in [-0.25, -0.2) is 0 Å². The molecule has 0 N–H and O–H groups in total. The van der Waals surface area contributed by atoms with Gasteiger partial charge >= 0.3 is 6.18 Å². The van der Waals surface area contributed by atoms with E-state index in [9.17, 15) is 13.2 Å². The smallest absolute Gasteiger partial charge is 0.272 e. The Kier molecular flexibility index (Phi) is 2.84. The number of terminal acetylenes is 1. The van der Waals surface area contributed by atoms with Crippen LogP contribution in [0, 0.1) is 12.3 Å². The van der Waals surface area contributed by atoms with E-state index in [0.29, 0.717) is 18.5 Å². The van der Waals surface area contributed by atoms with E-state index in [0.717, 1.165) is 6.07 Å². The van der Waals surface area contributed by atoms with E-state index in [1.807, 2.05) is 0 Å². The van der Waals surface area contributed by atoms with E-state index >= 15 is 0 Å². The monoisotopic (exact) mass is 202 g/mol. The molecule has 76 valence electrons. The standard InChI is InChI=1S/C9H9F3N2/c1-3-4-5-7-6-8(9(10,11)12)13-14(7)2/h1,6H,4-5H2,2H3. The predicted octanol–water partition coefficient (Wildman–Crippen LogP) is 2.00. The van der Waals surface area contributed by atoms with Crippen molar-refractivity contribution in [3.63, 3.8) is 0 Å². The van der Waals surface area contributed by atoms with E-state index in [4.69, 9.17) is 6.42 Å². The number of aryl methyl sites for hydroxylation is 2. The number of hydrogen-bond acceptors (Lipinski definition) is 1. The summed E-state index contributed by atoms with van der Waals surface area (Å²) in [4.78, 5) is 0. The van der Waals surface area contributed by atoms with E-state index in [1.165, 1.54) is 11.7 Å².